The highest BCUT2D eigenvalue weighted by atomic mass is 15.3. The molecule has 6 nitrogen and oxygen atoms in total. The minimum absolute atomic E-state index is 0.192. The normalized spacial score (nSPS) is 11.3. The second-order valence-electron chi connectivity index (χ2n) is 6.10. The number of anilines is 3. The molecule has 0 radical (unpaired) electrons. The Morgan fingerprint density at radius 2 is 1.58 bits per heavy atom. The van der Waals surface area contributed by atoms with Crippen LogP contribution in [0.4, 0.5) is 17.8 Å². The zero-order chi connectivity index (χ0) is 14.6. The molecule has 0 spiro atoms. The highest BCUT2D eigenvalue weighted by Crippen LogP contribution is 2.19. The summed E-state index contributed by atoms with van der Waals surface area (Å²) in [6.07, 6.45) is 0. The van der Waals surface area contributed by atoms with Gasteiger partial charge in [-0.25, -0.2) is 0 Å². The van der Waals surface area contributed by atoms with Crippen LogP contribution in [0.1, 0.15) is 27.7 Å². The van der Waals surface area contributed by atoms with E-state index < -0.39 is 0 Å². The number of nitrogens with one attached hydrogen (secondary N) is 1. The van der Waals surface area contributed by atoms with Crippen molar-refractivity contribution >= 4 is 17.8 Å². The molecular formula is C13H26N6. The van der Waals surface area contributed by atoms with Gasteiger partial charge in [-0.1, -0.05) is 20.8 Å². The first-order valence-corrected chi connectivity index (χ1v) is 6.61. The van der Waals surface area contributed by atoms with Crippen molar-refractivity contribution in [3.8, 4) is 0 Å². The standard InChI is InChI=1S/C13H26N6/c1-8-14-10-15-11(18(5)6)17-12(16-10)19(7)9-13(2,3)4/h8-9H2,1-7H3,(H,14,15,16,17). The topological polar surface area (TPSA) is 57.2 Å². The summed E-state index contributed by atoms with van der Waals surface area (Å²) >= 11 is 0. The summed E-state index contributed by atoms with van der Waals surface area (Å²) in [5.41, 5.74) is 0.192. The average molecular weight is 266 g/mol. The first kappa shape index (κ1) is 15.5. The minimum atomic E-state index is 0.192. The lowest BCUT2D eigenvalue weighted by atomic mass is 9.96. The van der Waals surface area contributed by atoms with Gasteiger partial charge in [0.25, 0.3) is 0 Å². The lowest BCUT2D eigenvalue weighted by Crippen LogP contribution is -2.31. The molecule has 0 aliphatic rings. The van der Waals surface area contributed by atoms with Crippen molar-refractivity contribution in [2.75, 3.05) is 49.3 Å². The number of hydrogen-bond acceptors (Lipinski definition) is 6. The lowest BCUT2D eigenvalue weighted by molar-refractivity contribution is 0.416. The SMILES string of the molecule is CCNc1nc(N(C)C)nc(N(C)CC(C)(C)C)n1. The molecule has 1 aromatic rings. The number of nitrogens with zero attached hydrogens (tertiary/aromatic N) is 5. The molecule has 0 amide bonds. The first-order chi connectivity index (χ1) is 8.73. The fourth-order valence-corrected chi connectivity index (χ4v) is 1.74. The highest BCUT2D eigenvalue weighted by molar-refractivity contribution is 5.44. The quantitative estimate of drug-likeness (QED) is 0.878. The molecule has 1 rings (SSSR count). The third-order valence-corrected chi connectivity index (χ3v) is 2.40. The molecule has 0 saturated carbocycles. The fraction of sp³-hybridized carbons (Fsp3) is 0.769. The van der Waals surface area contributed by atoms with Crippen LogP contribution in [0.3, 0.4) is 0 Å². The van der Waals surface area contributed by atoms with E-state index in [2.05, 4.69) is 45.9 Å². The summed E-state index contributed by atoms with van der Waals surface area (Å²) < 4.78 is 0. The van der Waals surface area contributed by atoms with Gasteiger partial charge in [-0.2, -0.15) is 15.0 Å². The van der Waals surface area contributed by atoms with Crippen LogP contribution in [0.2, 0.25) is 0 Å². The van der Waals surface area contributed by atoms with Gasteiger partial charge in [0.2, 0.25) is 17.8 Å². The van der Waals surface area contributed by atoms with Crippen LogP contribution in [0, 0.1) is 5.41 Å². The molecule has 0 bridgehead atoms. The van der Waals surface area contributed by atoms with E-state index in [1.807, 2.05) is 33.0 Å². The predicted octanol–water partition coefficient (Wildman–Crippen LogP) is 1.85. The van der Waals surface area contributed by atoms with Crippen LogP contribution in [0.25, 0.3) is 0 Å². The minimum Gasteiger partial charge on any atom is -0.354 e. The van der Waals surface area contributed by atoms with Crippen molar-refractivity contribution in [2.45, 2.75) is 27.7 Å². The Labute approximate surface area is 116 Å². The highest BCUT2D eigenvalue weighted by Gasteiger charge is 2.17. The Morgan fingerprint density at radius 3 is 2.05 bits per heavy atom. The van der Waals surface area contributed by atoms with Crippen molar-refractivity contribution in [3.63, 3.8) is 0 Å². The largest absolute Gasteiger partial charge is 0.354 e. The molecule has 1 heterocycles. The van der Waals surface area contributed by atoms with Gasteiger partial charge in [-0.05, 0) is 12.3 Å². The third kappa shape index (κ3) is 4.89. The van der Waals surface area contributed by atoms with Crippen LogP contribution in [-0.2, 0) is 0 Å². The van der Waals surface area contributed by atoms with Crippen molar-refractivity contribution in [2.24, 2.45) is 5.41 Å². The molecule has 0 aliphatic carbocycles. The summed E-state index contributed by atoms with van der Waals surface area (Å²) in [6, 6.07) is 0. The second-order valence-corrected chi connectivity index (χ2v) is 6.10. The van der Waals surface area contributed by atoms with Crippen molar-refractivity contribution in [3.05, 3.63) is 0 Å². The molecule has 0 atom stereocenters. The van der Waals surface area contributed by atoms with E-state index in [4.69, 9.17) is 0 Å². The Balaban J connectivity index is 3.04. The molecule has 0 aliphatic heterocycles. The van der Waals surface area contributed by atoms with E-state index in [1.54, 1.807) is 0 Å². The number of aromatic nitrogens is 3. The smallest absolute Gasteiger partial charge is 0.231 e. The van der Waals surface area contributed by atoms with Gasteiger partial charge < -0.3 is 15.1 Å². The third-order valence-electron chi connectivity index (χ3n) is 2.40. The maximum absolute atomic E-state index is 4.49. The predicted molar refractivity (Wildman–Crippen MR) is 81.0 cm³/mol. The van der Waals surface area contributed by atoms with Gasteiger partial charge in [0.1, 0.15) is 0 Å². The second kappa shape index (κ2) is 6.04. The van der Waals surface area contributed by atoms with Crippen LogP contribution in [-0.4, -0.2) is 49.2 Å². The Hall–Kier alpha value is -1.59. The lowest BCUT2D eigenvalue weighted by Gasteiger charge is -2.27. The molecule has 0 unspecified atom stereocenters. The molecule has 1 aromatic heterocycles. The van der Waals surface area contributed by atoms with E-state index in [0.717, 1.165) is 13.1 Å². The van der Waals surface area contributed by atoms with Gasteiger partial charge in [0.05, 0.1) is 0 Å². The molecule has 1 N–H and O–H groups in total. The van der Waals surface area contributed by atoms with Crippen LogP contribution >= 0.6 is 0 Å². The molecule has 0 aromatic carbocycles. The van der Waals surface area contributed by atoms with Crippen molar-refractivity contribution in [1.82, 2.24) is 15.0 Å². The van der Waals surface area contributed by atoms with Crippen LogP contribution in [0.5, 0.6) is 0 Å². The maximum atomic E-state index is 4.49. The van der Waals surface area contributed by atoms with Crippen molar-refractivity contribution in [1.29, 1.82) is 0 Å². The van der Waals surface area contributed by atoms with Crippen LogP contribution in [0.15, 0.2) is 0 Å². The van der Waals surface area contributed by atoms with E-state index in [1.165, 1.54) is 0 Å². The zero-order valence-corrected chi connectivity index (χ0v) is 13.2. The number of rotatable bonds is 5. The summed E-state index contributed by atoms with van der Waals surface area (Å²) in [7, 11) is 5.87. The monoisotopic (exact) mass is 266 g/mol. The van der Waals surface area contributed by atoms with E-state index >= 15 is 0 Å². The fourth-order valence-electron chi connectivity index (χ4n) is 1.74. The van der Waals surface area contributed by atoms with Gasteiger partial charge in [0.15, 0.2) is 0 Å². The molecule has 0 fully saturated rings. The van der Waals surface area contributed by atoms with Gasteiger partial charge in [-0.3, -0.25) is 0 Å². The molecular weight excluding hydrogens is 240 g/mol. The van der Waals surface area contributed by atoms with Gasteiger partial charge in [-0.15, -0.1) is 0 Å². The Morgan fingerprint density at radius 1 is 1.00 bits per heavy atom. The van der Waals surface area contributed by atoms with Gasteiger partial charge in [0, 0.05) is 34.2 Å². The zero-order valence-electron chi connectivity index (χ0n) is 13.2. The molecule has 6 heteroatoms. The molecule has 108 valence electrons. The van der Waals surface area contributed by atoms with E-state index in [0.29, 0.717) is 17.8 Å². The summed E-state index contributed by atoms with van der Waals surface area (Å²) in [5.74, 6) is 1.99. The summed E-state index contributed by atoms with van der Waals surface area (Å²) in [6.45, 7) is 10.3. The Bertz CT molecular complexity index is 410. The van der Waals surface area contributed by atoms with Crippen LogP contribution < -0.4 is 15.1 Å². The maximum Gasteiger partial charge on any atom is 0.231 e. The van der Waals surface area contributed by atoms with Crippen molar-refractivity contribution < 1.29 is 0 Å². The first-order valence-electron chi connectivity index (χ1n) is 6.61. The van der Waals surface area contributed by atoms with E-state index in [9.17, 15) is 0 Å². The van der Waals surface area contributed by atoms with E-state index in [-0.39, 0.29) is 5.41 Å². The number of hydrogen-bond donors (Lipinski definition) is 1. The molecule has 0 saturated heterocycles. The average Bonchev–Trinajstić information content (AvgIpc) is 2.26. The summed E-state index contributed by atoms with van der Waals surface area (Å²) in [4.78, 5) is 17.3. The summed E-state index contributed by atoms with van der Waals surface area (Å²) in [5, 5.41) is 3.15. The van der Waals surface area contributed by atoms with Gasteiger partial charge >= 0.3 is 0 Å². The molecule has 19 heavy (non-hydrogen) atoms. The Kier molecular flexibility index (Phi) is 4.91.